The highest BCUT2D eigenvalue weighted by Crippen LogP contribution is 2.09. The number of rotatable bonds is 3. The van der Waals surface area contributed by atoms with Crippen molar-refractivity contribution < 1.29 is 5.11 Å². The summed E-state index contributed by atoms with van der Waals surface area (Å²) in [6, 6.07) is 7.11. The van der Waals surface area contributed by atoms with Crippen molar-refractivity contribution in [2.45, 2.75) is 27.3 Å². The average Bonchev–Trinajstić information content (AvgIpc) is 2.20. The fourth-order valence-electron chi connectivity index (χ4n) is 0.867. The van der Waals surface area contributed by atoms with Crippen molar-refractivity contribution in [3.63, 3.8) is 0 Å². The summed E-state index contributed by atoms with van der Waals surface area (Å²) in [5, 5.41) is 12.1. The van der Waals surface area contributed by atoms with Crippen molar-refractivity contribution in [2.24, 2.45) is 0 Å². The third kappa shape index (κ3) is 5.25. The summed E-state index contributed by atoms with van der Waals surface area (Å²) >= 11 is 0. The monoisotopic (exact) mass is 193 g/mol. The van der Waals surface area contributed by atoms with Crippen LogP contribution in [0.3, 0.4) is 0 Å². The summed E-state index contributed by atoms with van der Waals surface area (Å²) in [6.07, 6.45) is 0. The second kappa shape index (κ2) is 7.01. The van der Waals surface area contributed by atoms with Gasteiger partial charge in [-0.3, -0.25) is 0 Å². The number of benzene rings is 1. The minimum atomic E-state index is 0.300. The molecule has 1 aromatic carbocycles. The first-order chi connectivity index (χ1) is 6.68. The molecule has 0 aliphatic carbocycles. The van der Waals surface area contributed by atoms with Crippen LogP contribution in [-0.2, 0) is 6.54 Å². The molecular formula is C12H19NO. The lowest BCUT2D eigenvalue weighted by Crippen LogP contribution is -2.08. The van der Waals surface area contributed by atoms with Gasteiger partial charge in [0.25, 0.3) is 0 Å². The first-order valence-electron chi connectivity index (χ1n) is 4.86. The third-order valence-corrected chi connectivity index (χ3v) is 1.53. The lowest BCUT2D eigenvalue weighted by Gasteiger charge is -2.04. The van der Waals surface area contributed by atoms with Gasteiger partial charge < -0.3 is 10.4 Å². The summed E-state index contributed by atoms with van der Waals surface area (Å²) in [5.74, 6) is 0.300. The fraction of sp³-hybridized carbons (Fsp3) is 0.333. The minimum Gasteiger partial charge on any atom is -0.508 e. The van der Waals surface area contributed by atoms with Crippen molar-refractivity contribution in [2.75, 3.05) is 0 Å². The first-order valence-corrected chi connectivity index (χ1v) is 4.86. The van der Waals surface area contributed by atoms with E-state index < -0.39 is 0 Å². The van der Waals surface area contributed by atoms with Crippen molar-refractivity contribution in [1.29, 1.82) is 0 Å². The van der Waals surface area contributed by atoms with Crippen LogP contribution in [0.25, 0.3) is 0 Å². The molecule has 0 saturated heterocycles. The summed E-state index contributed by atoms with van der Waals surface area (Å²) in [7, 11) is 0. The van der Waals surface area contributed by atoms with Gasteiger partial charge in [0.15, 0.2) is 0 Å². The summed E-state index contributed by atoms with van der Waals surface area (Å²) in [5.41, 5.74) is 2.08. The second-order valence-electron chi connectivity index (χ2n) is 2.80. The molecule has 0 aliphatic rings. The number of aromatic hydroxyl groups is 1. The smallest absolute Gasteiger partial charge is 0.115 e. The molecule has 0 aromatic heterocycles. The van der Waals surface area contributed by atoms with E-state index in [1.54, 1.807) is 12.1 Å². The van der Waals surface area contributed by atoms with Gasteiger partial charge in [-0.15, -0.1) is 0 Å². The molecular weight excluding hydrogens is 174 g/mol. The lowest BCUT2D eigenvalue weighted by atomic mass is 10.2. The summed E-state index contributed by atoms with van der Waals surface area (Å²) in [4.78, 5) is 0. The molecule has 78 valence electrons. The Hall–Kier alpha value is -1.44. The van der Waals surface area contributed by atoms with Crippen LogP contribution in [0, 0.1) is 0 Å². The molecule has 0 aliphatic heterocycles. The molecule has 0 saturated carbocycles. The molecule has 0 atom stereocenters. The Labute approximate surface area is 86.3 Å². The quantitative estimate of drug-likeness (QED) is 0.773. The molecule has 0 bridgehead atoms. The highest BCUT2D eigenvalue weighted by Gasteiger charge is 1.91. The van der Waals surface area contributed by atoms with Gasteiger partial charge in [0.2, 0.25) is 0 Å². The van der Waals surface area contributed by atoms with E-state index in [2.05, 4.69) is 11.9 Å². The zero-order valence-corrected chi connectivity index (χ0v) is 9.17. The number of allylic oxidation sites excluding steroid dienone is 1. The van der Waals surface area contributed by atoms with E-state index in [1.165, 1.54) is 0 Å². The Morgan fingerprint density at radius 2 is 1.79 bits per heavy atom. The van der Waals surface area contributed by atoms with E-state index in [0.29, 0.717) is 5.75 Å². The van der Waals surface area contributed by atoms with E-state index in [1.807, 2.05) is 32.9 Å². The van der Waals surface area contributed by atoms with Gasteiger partial charge in [-0.25, -0.2) is 0 Å². The Kier molecular flexibility index (Phi) is 6.29. The van der Waals surface area contributed by atoms with Crippen molar-refractivity contribution >= 4 is 0 Å². The average molecular weight is 193 g/mol. The van der Waals surface area contributed by atoms with Crippen LogP contribution in [-0.4, -0.2) is 5.11 Å². The molecule has 2 N–H and O–H groups in total. The van der Waals surface area contributed by atoms with E-state index in [0.717, 1.165) is 17.8 Å². The minimum absolute atomic E-state index is 0.300. The number of phenols is 1. The Bertz CT molecular complexity index is 264. The van der Waals surface area contributed by atoms with E-state index in [-0.39, 0.29) is 0 Å². The topological polar surface area (TPSA) is 32.3 Å². The van der Waals surface area contributed by atoms with Crippen LogP contribution in [0.5, 0.6) is 5.75 Å². The molecule has 2 nitrogen and oxygen atoms in total. The molecule has 0 fully saturated rings. The van der Waals surface area contributed by atoms with Crippen molar-refractivity contribution in [3.05, 3.63) is 42.1 Å². The third-order valence-electron chi connectivity index (χ3n) is 1.53. The number of nitrogens with one attached hydrogen (secondary N) is 1. The standard InChI is InChI=1S/C10H13NO.C2H6/c1-8(2)11-7-9-3-5-10(12)6-4-9;1-2/h3-6,11-12H,1,7H2,2H3;1-2H3. The molecule has 14 heavy (non-hydrogen) atoms. The molecule has 1 rings (SSSR count). The van der Waals surface area contributed by atoms with Crippen LogP contribution in [0.4, 0.5) is 0 Å². The van der Waals surface area contributed by atoms with E-state index in [4.69, 9.17) is 5.11 Å². The second-order valence-corrected chi connectivity index (χ2v) is 2.80. The highest BCUT2D eigenvalue weighted by molar-refractivity contribution is 5.25. The van der Waals surface area contributed by atoms with Crippen LogP contribution in [0.1, 0.15) is 26.3 Å². The van der Waals surface area contributed by atoms with Gasteiger partial charge in [0, 0.05) is 12.2 Å². The number of phenolic OH excluding ortho intramolecular Hbond substituents is 1. The van der Waals surface area contributed by atoms with Crippen LogP contribution < -0.4 is 5.32 Å². The molecule has 2 heteroatoms. The molecule has 0 spiro atoms. The van der Waals surface area contributed by atoms with Gasteiger partial charge in [-0.1, -0.05) is 32.6 Å². The van der Waals surface area contributed by atoms with Crippen molar-refractivity contribution in [3.8, 4) is 5.75 Å². The van der Waals surface area contributed by atoms with Crippen LogP contribution >= 0.6 is 0 Å². The van der Waals surface area contributed by atoms with Crippen LogP contribution in [0.15, 0.2) is 36.5 Å². The predicted molar refractivity (Wildman–Crippen MR) is 61.1 cm³/mol. The SMILES string of the molecule is C=C(C)NCc1ccc(O)cc1.CC. The molecule has 0 heterocycles. The first kappa shape index (κ1) is 12.6. The summed E-state index contributed by atoms with van der Waals surface area (Å²) < 4.78 is 0. The van der Waals surface area contributed by atoms with Crippen molar-refractivity contribution in [1.82, 2.24) is 5.32 Å². The molecule has 0 amide bonds. The Morgan fingerprint density at radius 3 is 2.21 bits per heavy atom. The zero-order valence-electron chi connectivity index (χ0n) is 9.17. The van der Waals surface area contributed by atoms with Gasteiger partial charge in [-0.05, 0) is 24.6 Å². The van der Waals surface area contributed by atoms with Crippen LogP contribution in [0.2, 0.25) is 0 Å². The fourth-order valence-corrected chi connectivity index (χ4v) is 0.867. The lowest BCUT2D eigenvalue weighted by molar-refractivity contribution is 0.475. The molecule has 1 aromatic rings. The van der Waals surface area contributed by atoms with Gasteiger partial charge in [-0.2, -0.15) is 0 Å². The van der Waals surface area contributed by atoms with E-state index in [9.17, 15) is 0 Å². The van der Waals surface area contributed by atoms with Gasteiger partial charge in [0.1, 0.15) is 5.75 Å². The maximum atomic E-state index is 9.00. The number of hydrogen-bond acceptors (Lipinski definition) is 2. The summed E-state index contributed by atoms with van der Waals surface area (Å²) in [6.45, 7) is 10.4. The molecule has 0 unspecified atom stereocenters. The predicted octanol–water partition coefficient (Wildman–Crippen LogP) is 3.04. The maximum Gasteiger partial charge on any atom is 0.115 e. The maximum absolute atomic E-state index is 9.00. The van der Waals surface area contributed by atoms with Gasteiger partial charge in [0.05, 0.1) is 0 Å². The Morgan fingerprint density at radius 1 is 1.29 bits per heavy atom. The normalized spacial score (nSPS) is 8.50. The zero-order chi connectivity index (χ0) is 11.0. The highest BCUT2D eigenvalue weighted by atomic mass is 16.3. The Balaban J connectivity index is 0.000000791. The largest absolute Gasteiger partial charge is 0.508 e. The number of hydrogen-bond donors (Lipinski definition) is 2. The molecule has 0 radical (unpaired) electrons. The van der Waals surface area contributed by atoms with Gasteiger partial charge >= 0.3 is 0 Å². The van der Waals surface area contributed by atoms with E-state index >= 15 is 0 Å².